The minimum atomic E-state index is -3.34. The maximum absolute atomic E-state index is 14.6. The van der Waals surface area contributed by atoms with E-state index in [0.29, 0.717) is 16.0 Å². The number of aryl methyl sites for hydroxylation is 1. The lowest BCUT2D eigenvalue weighted by atomic mass is 9.98. The molecule has 3 aromatic carbocycles. The lowest BCUT2D eigenvalue weighted by Gasteiger charge is -2.30. The number of carbonyl (C=O) groups excluding carboxylic acids is 3. The Morgan fingerprint density at radius 1 is 1.00 bits per heavy atom. The van der Waals surface area contributed by atoms with Gasteiger partial charge in [-0.05, 0) is 49.1 Å². The maximum atomic E-state index is 14.6. The van der Waals surface area contributed by atoms with Gasteiger partial charge in [-0.1, -0.05) is 60.7 Å². The summed E-state index contributed by atoms with van der Waals surface area (Å²) in [6.07, 6.45) is -2.81. The van der Waals surface area contributed by atoms with Crippen molar-refractivity contribution in [3.63, 3.8) is 0 Å². The van der Waals surface area contributed by atoms with E-state index in [0.717, 1.165) is 11.1 Å². The lowest BCUT2D eigenvalue weighted by molar-refractivity contribution is -0.147. The van der Waals surface area contributed by atoms with Gasteiger partial charge in [0.15, 0.2) is 6.10 Å². The van der Waals surface area contributed by atoms with Crippen LogP contribution in [0.15, 0.2) is 72.8 Å². The van der Waals surface area contributed by atoms with E-state index >= 15 is 0 Å². The van der Waals surface area contributed by atoms with Crippen molar-refractivity contribution < 1.29 is 33.4 Å². The number of hydrogen-bond donors (Lipinski definition) is 4. The second kappa shape index (κ2) is 12.5. The first-order chi connectivity index (χ1) is 19.5. The van der Waals surface area contributed by atoms with Gasteiger partial charge in [-0.15, -0.1) is 0 Å². The van der Waals surface area contributed by atoms with Crippen LogP contribution < -0.4 is 10.6 Å². The lowest BCUT2D eigenvalue weighted by Crippen LogP contribution is -2.56. The number of aliphatic hydroxyl groups is 1. The van der Waals surface area contributed by atoms with Crippen molar-refractivity contribution in [1.82, 2.24) is 15.5 Å². The van der Waals surface area contributed by atoms with E-state index in [1.54, 1.807) is 49.4 Å². The van der Waals surface area contributed by atoms with Crippen molar-refractivity contribution >= 4 is 17.7 Å². The molecular formula is C31H33F2N3O5. The first-order valence-electron chi connectivity index (χ1n) is 13.3. The van der Waals surface area contributed by atoms with Crippen molar-refractivity contribution in [2.75, 3.05) is 6.54 Å². The molecule has 3 aromatic rings. The second-order valence-electron chi connectivity index (χ2n) is 10.4. The van der Waals surface area contributed by atoms with E-state index in [2.05, 4.69) is 10.6 Å². The number of amides is 3. The van der Waals surface area contributed by atoms with Crippen LogP contribution >= 0.6 is 0 Å². The number of likely N-dealkylation sites (tertiary alicyclic amines) is 1. The number of phenols is 1. The summed E-state index contributed by atoms with van der Waals surface area (Å²) in [5.74, 6) is -5.95. The number of phenolic OH excluding ortho intramolecular Hbond substituents is 1. The molecule has 3 amide bonds. The first-order valence-corrected chi connectivity index (χ1v) is 13.3. The van der Waals surface area contributed by atoms with Gasteiger partial charge in [-0.2, -0.15) is 0 Å². The SMILES string of the molecule is Cc1ccccc1CNC(=O)C1CC(F)(F)CN1C(=O)[C@@H](O)C(Cc1ccccc1)NC(=O)c1cccc(O)c1C. The highest BCUT2D eigenvalue weighted by Crippen LogP contribution is 2.33. The molecule has 2 unspecified atom stereocenters. The minimum Gasteiger partial charge on any atom is -0.508 e. The van der Waals surface area contributed by atoms with E-state index < -0.39 is 54.8 Å². The fraction of sp³-hybridized carbons (Fsp3) is 0.323. The number of aromatic hydroxyl groups is 1. The van der Waals surface area contributed by atoms with Gasteiger partial charge in [0.1, 0.15) is 11.8 Å². The number of nitrogens with one attached hydrogen (secondary N) is 2. The Morgan fingerprint density at radius 3 is 2.39 bits per heavy atom. The van der Waals surface area contributed by atoms with Crippen molar-refractivity contribution in [2.45, 2.75) is 57.3 Å². The van der Waals surface area contributed by atoms with Gasteiger partial charge in [0, 0.05) is 24.1 Å². The molecular weight excluding hydrogens is 532 g/mol. The first kappa shape index (κ1) is 29.7. The number of rotatable bonds is 9. The summed E-state index contributed by atoms with van der Waals surface area (Å²) in [5.41, 5.74) is 2.82. The van der Waals surface area contributed by atoms with Crippen LogP contribution in [-0.2, 0) is 22.6 Å². The highest BCUT2D eigenvalue weighted by molar-refractivity contribution is 5.97. The fourth-order valence-corrected chi connectivity index (χ4v) is 4.96. The zero-order valence-corrected chi connectivity index (χ0v) is 22.8. The Labute approximate surface area is 237 Å². The predicted molar refractivity (Wildman–Crippen MR) is 148 cm³/mol. The average molecular weight is 566 g/mol. The fourth-order valence-electron chi connectivity index (χ4n) is 4.96. The Hall–Kier alpha value is -4.31. The number of hydrogen-bond acceptors (Lipinski definition) is 5. The molecule has 1 aliphatic rings. The van der Waals surface area contributed by atoms with Gasteiger partial charge in [0.05, 0.1) is 12.6 Å². The number of alkyl halides is 2. The molecule has 10 heteroatoms. The molecule has 1 fully saturated rings. The molecule has 0 spiro atoms. The van der Waals surface area contributed by atoms with Gasteiger partial charge >= 0.3 is 0 Å². The van der Waals surface area contributed by atoms with Crippen molar-refractivity contribution in [1.29, 1.82) is 0 Å². The zero-order valence-electron chi connectivity index (χ0n) is 22.8. The third-order valence-electron chi connectivity index (χ3n) is 7.37. The van der Waals surface area contributed by atoms with E-state index in [4.69, 9.17) is 0 Å². The van der Waals surface area contributed by atoms with Crippen LogP contribution in [0.5, 0.6) is 5.75 Å². The molecule has 3 atom stereocenters. The molecule has 41 heavy (non-hydrogen) atoms. The molecule has 0 aliphatic carbocycles. The molecule has 0 aromatic heterocycles. The quantitative estimate of drug-likeness (QED) is 0.318. The van der Waals surface area contributed by atoms with Crippen molar-refractivity contribution in [2.24, 2.45) is 0 Å². The van der Waals surface area contributed by atoms with Crippen LogP contribution in [0.3, 0.4) is 0 Å². The molecule has 4 N–H and O–H groups in total. The predicted octanol–water partition coefficient (Wildman–Crippen LogP) is 3.26. The second-order valence-corrected chi connectivity index (χ2v) is 10.4. The Bertz CT molecular complexity index is 1420. The number of nitrogens with zero attached hydrogens (tertiary/aromatic N) is 1. The Morgan fingerprint density at radius 2 is 1.68 bits per heavy atom. The molecule has 216 valence electrons. The zero-order chi connectivity index (χ0) is 29.7. The van der Waals surface area contributed by atoms with E-state index in [1.807, 2.05) is 19.1 Å². The topological polar surface area (TPSA) is 119 Å². The molecule has 0 bridgehead atoms. The summed E-state index contributed by atoms with van der Waals surface area (Å²) in [6.45, 7) is 2.46. The van der Waals surface area contributed by atoms with E-state index in [9.17, 15) is 33.4 Å². The molecule has 8 nitrogen and oxygen atoms in total. The van der Waals surface area contributed by atoms with Gasteiger partial charge in [0.25, 0.3) is 17.7 Å². The maximum Gasteiger partial charge on any atom is 0.267 e. The highest BCUT2D eigenvalue weighted by atomic mass is 19.3. The highest BCUT2D eigenvalue weighted by Gasteiger charge is 2.51. The monoisotopic (exact) mass is 565 g/mol. The summed E-state index contributed by atoms with van der Waals surface area (Å²) in [7, 11) is 0. The summed E-state index contributed by atoms with van der Waals surface area (Å²) in [4.78, 5) is 40.4. The van der Waals surface area contributed by atoms with Gasteiger partial charge < -0.3 is 25.7 Å². The molecule has 0 radical (unpaired) electrons. The van der Waals surface area contributed by atoms with Gasteiger partial charge in [0.2, 0.25) is 5.91 Å². The summed E-state index contributed by atoms with van der Waals surface area (Å²) in [5, 5.41) is 26.5. The van der Waals surface area contributed by atoms with Crippen LogP contribution in [0.25, 0.3) is 0 Å². The third-order valence-corrected chi connectivity index (χ3v) is 7.37. The van der Waals surface area contributed by atoms with E-state index in [1.165, 1.54) is 18.2 Å². The molecule has 1 aliphatic heterocycles. The molecule has 1 saturated heterocycles. The molecule has 0 saturated carbocycles. The number of halogens is 2. The standard InChI is InChI=1S/C31H33F2N3O5/c1-19-9-6-7-12-22(19)17-34-29(40)25-16-31(32,33)18-36(25)30(41)27(38)24(15-21-10-4-3-5-11-21)35-28(39)23-13-8-14-26(37)20(23)2/h3-14,24-25,27,37-38H,15-18H2,1-2H3,(H,34,40)(H,35,39)/t24?,25?,27-/m0/s1. The largest absolute Gasteiger partial charge is 0.508 e. The molecule has 1 heterocycles. The average Bonchev–Trinajstić information content (AvgIpc) is 3.28. The summed E-state index contributed by atoms with van der Waals surface area (Å²) >= 11 is 0. The van der Waals surface area contributed by atoms with Crippen LogP contribution in [0.4, 0.5) is 8.78 Å². The number of carbonyl (C=O) groups is 3. The van der Waals surface area contributed by atoms with Crippen molar-refractivity contribution in [3.8, 4) is 5.75 Å². The Balaban J connectivity index is 1.55. The van der Waals surface area contributed by atoms with Gasteiger partial charge in [-0.3, -0.25) is 14.4 Å². The van der Waals surface area contributed by atoms with Crippen LogP contribution in [-0.4, -0.2) is 63.5 Å². The number of aliphatic hydroxyl groups excluding tert-OH is 1. The van der Waals surface area contributed by atoms with Crippen molar-refractivity contribution in [3.05, 3.63) is 101 Å². The van der Waals surface area contributed by atoms with Crippen LogP contribution in [0.2, 0.25) is 0 Å². The smallest absolute Gasteiger partial charge is 0.267 e. The Kier molecular flexibility index (Phi) is 9.02. The normalized spacial score (nSPS) is 17.5. The molecule has 4 rings (SSSR count). The minimum absolute atomic E-state index is 0.00568. The summed E-state index contributed by atoms with van der Waals surface area (Å²) in [6, 6.07) is 17.7. The third kappa shape index (κ3) is 7.07. The number of benzene rings is 3. The summed E-state index contributed by atoms with van der Waals surface area (Å²) < 4.78 is 29.1. The van der Waals surface area contributed by atoms with E-state index in [-0.39, 0.29) is 24.3 Å². The van der Waals surface area contributed by atoms with Gasteiger partial charge in [-0.25, -0.2) is 8.78 Å². The van der Waals surface area contributed by atoms with Crippen LogP contribution in [0, 0.1) is 13.8 Å². The van der Waals surface area contributed by atoms with Crippen LogP contribution in [0.1, 0.15) is 39.0 Å².